The largest absolute Gasteiger partial charge is 0.321 e. The molecule has 5 rings (SSSR count). The fraction of sp³-hybridized carbons (Fsp3) is 0.148. The van der Waals surface area contributed by atoms with Crippen LogP contribution in [0.5, 0.6) is 0 Å². The van der Waals surface area contributed by atoms with Crippen molar-refractivity contribution in [3.63, 3.8) is 0 Å². The molecule has 0 heterocycles. The number of nitrogens with one attached hydrogen (secondary N) is 1. The number of halogens is 1. The highest BCUT2D eigenvalue weighted by molar-refractivity contribution is 7.92. The lowest BCUT2D eigenvalue weighted by Crippen LogP contribution is -2.29. The van der Waals surface area contributed by atoms with Crippen molar-refractivity contribution in [3.8, 4) is 0 Å². The van der Waals surface area contributed by atoms with Crippen LogP contribution in [0, 0.1) is 5.82 Å². The van der Waals surface area contributed by atoms with Gasteiger partial charge in [0.25, 0.3) is 5.91 Å². The lowest BCUT2D eigenvalue weighted by atomic mass is 10.0. The van der Waals surface area contributed by atoms with Crippen molar-refractivity contribution in [2.45, 2.75) is 19.4 Å². The first kappa shape index (κ1) is 22.1. The highest BCUT2D eigenvalue weighted by Gasteiger charge is 2.19. The summed E-state index contributed by atoms with van der Waals surface area (Å²) in [5.41, 5.74) is 4.94. The van der Waals surface area contributed by atoms with Gasteiger partial charge in [0, 0.05) is 16.6 Å². The smallest absolute Gasteiger partial charge is 0.255 e. The molecule has 4 aromatic rings. The molecule has 1 N–H and O–H groups in total. The number of aryl methyl sites for hydroxylation is 2. The summed E-state index contributed by atoms with van der Waals surface area (Å²) in [6.45, 7) is 0.0707. The van der Waals surface area contributed by atoms with Gasteiger partial charge >= 0.3 is 0 Å². The van der Waals surface area contributed by atoms with Crippen molar-refractivity contribution < 1.29 is 17.6 Å². The van der Waals surface area contributed by atoms with Crippen molar-refractivity contribution in [1.29, 1.82) is 0 Å². The molecule has 0 aromatic heterocycles. The minimum absolute atomic E-state index is 0.0707. The van der Waals surface area contributed by atoms with E-state index in [1.165, 1.54) is 45.1 Å². The van der Waals surface area contributed by atoms with E-state index < -0.39 is 15.8 Å². The summed E-state index contributed by atoms with van der Waals surface area (Å²) in [7, 11) is -3.59. The Morgan fingerprint density at radius 2 is 1.59 bits per heavy atom. The van der Waals surface area contributed by atoms with Crippen LogP contribution in [0.25, 0.3) is 10.8 Å². The maximum absolute atomic E-state index is 13.3. The second-order valence-corrected chi connectivity index (χ2v) is 10.4. The van der Waals surface area contributed by atoms with Crippen LogP contribution < -0.4 is 9.62 Å². The van der Waals surface area contributed by atoms with Gasteiger partial charge < -0.3 is 5.32 Å². The molecule has 0 saturated heterocycles. The Labute approximate surface area is 197 Å². The van der Waals surface area contributed by atoms with Crippen LogP contribution in [0.3, 0.4) is 0 Å². The molecule has 1 aliphatic rings. The number of anilines is 2. The summed E-state index contributed by atoms with van der Waals surface area (Å²) in [5.74, 6) is -0.670. The fourth-order valence-electron chi connectivity index (χ4n) is 4.49. The Morgan fingerprint density at radius 3 is 2.26 bits per heavy atom. The van der Waals surface area contributed by atoms with Gasteiger partial charge in [-0.2, -0.15) is 0 Å². The third kappa shape index (κ3) is 4.26. The van der Waals surface area contributed by atoms with E-state index in [2.05, 4.69) is 17.4 Å². The van der Waals surface area contributed by atoms with Gasteiger partial charge in [0.1, 0.15) is 5.82 Å². The SMILES string of the molecule is CS(=O)(=O)N(Cc1ccc(C(=O)Nc2ccc3c4c(cccc24)CC3)cc1)c1ccc(F)cc1. The molecule has 7 heteroatoms. The van der Waals surface area contributed by atoms with Crippen molar-refractivity contribution in [1.82, 2.24) is 0 Å². The summed E-state index contributed by atoms with van der Waals surface area (Å²) in [4.78, 5) is 12.9. The summed E-state index contributed by atoms with van der Waals surface area (Å²) < 4.78 is 39.1. The Bertz CT molecular complexity index is 1490. The van der Waals surface area contributed by atoms with E-state index in [0.29, 0.717) is 16.8 Å². The predicted molar refractivity (Wildman–Crippen MR) is 133 cm³/mol. The van der Waals surface area contributed by atoms with Gasteiger partial charge in [-0.1, -0.05) is 36.4 Å². The van der Waals surface area contributed by atoms with Crippen LogP contribution in [0.1, 0.15) is 27.0 Å². The van der Waals surface area contributed by atoms with Gasteiger partial charge in [-0.15, -0.1) is 0 Å². The molecule has 0 fully saturated rings. The van der Waals surface area contributed by atoms with Crippen LogP contribution in [-0.2, 0) is 29.4 Å². The van der Waals surface area contributed by atoms with Gasteiger partial charge in [0.2, 0.25) is 10.0 Å². The number of carbonyl (C=O) groups is 1. The first-order chi connectivity index (χ1) is 16.3. The average molecular weight is 475 g/mol. The van der Waals surface area contributed by atoms with Crippen LogP contribution in [0.4, 0.5) is 15.8 Å². The second-order valence-electron chi connectivity index (χ2n) is 8.51. The quantitative estimate of drug-likeness (QED) is 0.413. The molecule has 0 aliphatic heterocycles. The van der Waals surface area contributed by atoms with Crippen molar-refractivity contribution in [3.05, 3.63) is 107 Å². The lowest BCUT2D eigenvalue weighted by molar-refractivity contribution is 0.102. The molecule has 0 atom stereocenters. The van der Waals surface area contributed by atoms with E-state index >= 15 is 0 Å². The molecule has 1 amide bonds. The van der Waals surface area contributed by atoms with E-state index in [1.54, 1.807) is 24.3 Å². The van der Waals surface area contributed by atoms with Gasteiger partial charge in [-0.3, -0.25) is 9.10 Å². The minimum atomic E-state index is -3.59. The molecule has 0 radical (unpaired) electrons. The van der Waals surface area contributed by atoms with Crippen LogP contribution in [0.15, 0.2) is 78.9 Å². The Morgan fingerprint density at radius 1 is 0.912 bits per heavy atom. The van der Waals surface area contributed by atoms with Crippen molar-refractivity contribution >= 4 is 38.1 Å². The minimum Gasteiger partial charge on any atom is -0.321 e. The van der Waals surface area contributed by atoms with Crippen LogP contribution >= 0.6 is 0 Å². The maximum atomic E-state index is 13.3. The van der Waals surface area contributed by atoms with Crippen LogP contribution in [0.2, 0.25) is 0 Å². The molecule has 4 aromatic carbocycles. The van der Waals surface area contributed by atoms with E-state index in [4.69, 9.17) is 0 Å². The molecule has 172 valence electrons. The summed E-state index contributed by atoms with van der Waals surface area (Å²) in [6.07, 6.45) is 3.15. The van der Waals surface area contributed by atoms with E-state index in [0.717, 1.165) is 30.2 Å². The highest BCUT2D eigenvalue weighted by atomic mass is 32.2. The number of hydrogen-bond acceptors (Lipinski definition) is 3. The summed E-state index contributed by atoms with van der Waals surface area (Å²) in [6, 6.07) is 22.3. The summed E-state index contributed by atoms with van der Waals surface area (Å²) in [5, 5.41) is 5.29. The van der Waals surface area contributed by atoms with Gasteiger partial charge in [-0.05, 0) is 77.4 Å². The number of hydrogen-bond donors (Lipinski definition) is 1. The fourth-order valence-corrected chi connectivity index (χ4v) is 5.37. The molecule has 0 bridgehead atoms. The monoisotopic (exact) mass is 474 g/mol. The average Bonchev–Trinajstić information content (AvgIpc) is 3.24. The first-order valence-electron chi connectivity index (χ1n) is 11.0. The van der Waals surface area contributed by atoms with Crippen molar-refractivity contribution in [2.75, 3.05) is 15.9 Å². The number of nitrogens with zero attached hydrogens (tertiary/aromatic N) is 1. The number of carbonyl (C=O) groups excluding carboxylic acids is 1. The molecule has 1 aliphatic carbocycles. The van der Waals surface area contributed by atoms with Gasteiger partial charge in [-0.25, -0.2) is 12.8 Å². The Kier molecular flexibility index (Phi) is 5.57. The molecule has 0 unspecified atom stereocenters. The second kappa shape index (κ2) is 8.57. The maximum Gasteiger partial charge on any atom is 0.255 e. The predicted octanol–water partition coefficient (Wildman–Crippen LogP) is 5.30. The zero-order valence-corrected chi connectivity index (χ0v) is 19.4. The molecular formula is C27H23FN2O3S. The molecule has 0 saturated carbocycles. The van der Waals surface area contributed by atoms with Gasteiger partial charge in [0.15, 0.2) is 0 Å². The molecule has 34 heavy (non-hydrogen) atoms. The third-order valence-corrected chi connectivity index (χ3v) is 7.32. The standard InChI is InChI=1S/C27H23FN2O3S/c1-34(32,33)30(23-14-12-22(28)13-15-23)17-18-5-7-21(8-6-18)27(31)29-25-16-11-20-10-9-19-3-2-4-24(25)26(19)20/h2-8,11-16H,9-10,17H2,1H3,(H,29,31). The molecule has 5 nitrogen and oxygen atoms in total. The zero-order chi connectivity index (χ0) is 23.9. The number of amides is 1. The Hall–Kier alpha value is -3.71. The zero-order valence-electron chi connectivity index (χ0n) is 18.6. The first-order valence-corrected chi connectivity index (χ1v) is 12.8. The Balaban J connectivity index is 1.36. The number of sulfonamides is 1. The number of rotatable bonds is 6. The molecule has 0 spiro atoms. The highest BCUT2D eigenvalue weighted by Crippen LogP contribution is 2.35. The normalized spacial score (nSPS) is 12.6. The number of benzene rings is 4. The van der Waals surface area contributed by atoms with Gasteiger partial charge in [0.05, 0.1) is 18.5 Å². The summed E-state index contributed by atoms with van der Waals surface area (Å²) >= 11 is 0. The van der Waals surface area contributed by atoms with Crippen LogP contribution in [-0.4, -0.2) is 20.6 Å². The van der Waals surface area contributed by atoms with E-state index in [9.17, 15) is 17.6 Å². The van der Waals surface area contributed by atoms with E-state index in [-0.39, 0.29) is 12.5 Å². The van der Waals surface area contributed by atoms with E-state index in [1.807, 2.05) is 18.2 Å². The molecular weight excluding hydrogens is 451 g/mol. The topological polar surface area (TPSA) is 66.5 Å². The third-order valence-electron chi connectivity index (χ3n) is 6.18. The lowest BCUT2D eigenvalue weighted by Gasteiger charge is -2.22. The van der Waals surface area contributed by atoms with Crippen molar-refractivity contribution in [2.24, 2.45) is 0 Å².